The molecule has 0 bridgehead atoms. The fourth-order valence-corrected chi connectivity index (χ4v) is 4.10. The standard InChI is InChI=1S/C21H17FN2O4/c22-17-10-15(3-1-13(17)11-23)28-14-5-7-21(8-6-14)16-9-12(19(25)26)2-4-18(16)24-20(21)27/h1-4,9-10,14H,5-8H2,(H,24,27)(H,25,26). The molecule has 1 aliphatic heterocycles. The molecule has 1 saturated carbocycles. The van der Waals surface area contributed by atoms with Crippen molar-refractivity contribution in [3.05, 3.63) is 58.9 Å². The van der Waals surface area contributed by atoms with Gasteiger partial charge in [-0.3, -0.25) is 4.79 Å². The first-order valence-electron chi connectivity index (χ1n) is 8.98. The molecular formula is C21H17FN2O4. The molecule has 0 aromatic heterocycles. The SMILES string of the molecule is N#Cc1ccc(OC2CCC3(CC2)C(=O)Nc2ccc(C(=O)O)cc23)cc1F. The van der Waals surface area contributed by atoms with Crippen molar-refractivity contribution >= 4 is 17.6 Å². The molecule has 0 saturated heterocycles. The molecule has 1 fully saturated rings. The van der Waals surface area contributed by atoms with Gasteiger partial charge in [-0.15, -0.1) is 0 Å². The Kier molecular flexibility index (Phi) is 4.27. The maximum Gasteiger partial charge on any atom is 0.335 e. The van der Waals surface area contributed by atoms with Crippen LogP contribution in [0.1, 0.15) is 47.2 Å². The first kappa shape index (κ1) is 18.0. The minimum absolute atomic E-state index is 0.0385. The second-order valence-electron chi connectivity index (χ2n) is 7.17. The van der Waals surface area contributed by atoms with Crippen LogP contribution in [-0.2, 0) is 10.2 Å². The summed E-state index contributed by atoms with van der Waals surface area (Å²) in [6.07, 6.45) is 1.99. The van der Waals surface area contributed by atoms with Gasteiger partial charge < -0.3 is 15.2 Å². The van der Waals surface area contributed by atoms with E-state index in [1.807, 2.05) is 0 Å². The molecule has 1 aliphatic carbocycles. The van der Waals surface area contributed by atoms with E-state index in [4.69, 9.17) is 10.00 Å². The summed E-state index contributed by atoms with van der Waals surface area (Å²) >= 11 is 0. The zero-order chi connectivity index (χ0) is 19.9. The van der Waals surface area contributed by atoms with Gasteiger partial charge in [0.05, 0.1) is 22.6 Å². The number of hydrogen-bond acceptors (Lipinski definition) is 4. The van der Waals surface area contributed by atoms with Crippen LogP contribution in [0.4, 0.5) is 10.1 Å². The Labute approximate surface area is 160 Å². The summed E-state index contributed by atoms with van der Waals surface area (Å²) in [6.45, 7) is 0. The first-order valence-corrected chi connectivity index (χ1v) is 8.98. The van der Waals surface area contributed by atoms with E-state index in [0.717, 1.165) is 5.56 Å². The van der Waals surface area contributed by atoms with Crippen LogP contribution >= 0.6 is 0 Å². The van der Waals surface area contributed by atoms with Crippen molar-refractivity contribution in [2.24, 2.45) is 0 Å². The van der Waals surface area contributed by atoms with Crippen LogP contribution in [0.25, 0.3) is 0 Å². The van der Waals surface area contributed by atoms with Crippen molar-refractivity contribution in [1.82, 2.24) is 0 Å². The van der Waals surface area contributed by atoms with Gasteiger partial charge in [0.1, 0.15) is 17.6 Å². The number of nitrogens with zero attached hydrogens (tertiary/aromatic N) is 1. The number of amides is 1. The summed E-state index contributed by atoms with van der Waals surface area (Å²) in [7, 11) is 0. The second-order valence-corrected chi connectivity index (χ2v) is 7.17. The molecule has 2 aliphatic rings. The van der Waals surface area contributed by atoms with Gasteiger partial charge in [0.25, 0.3) is 0 Å². The maximum atomic E-state index is 13.8. The lowest BCUT2D eigenvalue weighted by Crippen LogP contribution is -2.41. The molecule has 1 amide bonds. The Hall–Kier alpha value is -3.40. The molecule has 7 heteroatoms. The van der Waals surface area contributed by atoms with Crippen molar-refractivity contribution in [1.29, 1.82) is 5.26 Å². The Balaban J connectivity index is 1.52. The monoisotopic (exact) mass is 380 g/mol. The molecule has 1 spiro atoms. The number of fused-ring (bicyclic) bond motifs is 2. The van der Waals surface area contributed by atoms with Gasteiger partial charge in [0, 0.05) is 11.8 Å². The highest BCUT2D eigenvalue weighted by Gasteiger charge is 2.49. The second kappa shape index (κ2) is 6.64. The number of anilines is 1. The third-order valence-electron chi connectivity index (χ3n) is 5.61. The maximum absolute atomic E-state index is 13.8. The Morgan fingerprint density at radius 2 is 2.00 bits per heavy atom. The molecule has 0 atom stereocenters. The van der Waals surface area contributed by atoms with Crippen LogP contribution in [0.5, 0.6) is 5.75 Å². The smallest absolute Gasteiger partial charge is 0.335 e. The average molecular weight is 380 g/mol. The summed E-state index contributed by atoms with van der Waals surface area (Å²) in [5.41, 5.74) is 0.740. The van der Waals surface area contributed by atoms with Crippen LogP contribution in [0.3, 0.4) is 0 Å². The number of rotatable bonds is 3. The number of nitrogens with one attached hydrogen (secondary N) is 1. The van der Waals surface area contributed by atoms with Gasteiger partial charge >= 0.3 is 5.97 Å². The number of aromatic carboxylic acids is 1. The lowest BCUT2D eigenvalue weighted by atomic mass is 9.69. The molecule has 2 aromatic carbocycles. The van der Waals surface area contributed by atoms with E-state index in [1.54, 1.807) is 24.3 Å². The van der Waals surface area contributed by atoms with Gasteiger partial charge in [-0.2, -0.15) is 5.26 Å². The molecular weight excluding hydrogens is 363 g/mol. The van der Waals surface area contributed by atoms with Crippen LogP contribution in [0.15, 0.2) is 36.4 Å². The topological polar surface area (TPSA) is 99.4 Å². The van der Waals surface area contributed by atoms with E-state index in [0.29, 0.717) is 37.1 Å². The summed E-state index contributed by atoms with van der Waals surface area (Å²) in [5, 5.41) is 20.9. The Morgan fingerprint density at radius 1 is 1.25 bits per heavy atom. The van der Waals surface area contributed by atoms with E-state index in [1.165, 1.54) is 18.2 Å². The number of halogens is 1. The van der Waals surface area contributed by atoms with Crippen molar-refractivity contribution in [2.45, 2.75) is 37.2 Å². The number of carboxylic acids is 1. The van der Waals surface area contributed by atoms with E-state index in [2.05, 4.69) is 5.32 Å². The minimum atomic E-state index is -1.03. The fraction of sp³-hybridized carbons (Fsp3) is 0.286. The summed E-state index contributed by atoms with van der Waals surface area (Å²) in [5.74, 6) is -1.43. The highest BCUT2D eigenvalue weighted by Crippen LogP contribution is 2.48. The van der Waals surface area contributed by atoms with Crippen molar-refractivity contribution in [3.63, 3.8) is 0 Å². The van der Waals surface area contributed by atoms with E-state index < -0.39 is 17.2 Å². The van der Waals surface area contributed by atoms with E-state index in [-0.39, 0.29) is 23.1 Å². The van der Waals surface area contributed by atoms with Crippen molar-refractivity contribution in [2.75, 3.05) is 5.32 Å². The van der Waals surface area contributed by atoms with Crippen LogP contribution in [0.2, 0.25) is 0 Å². The van der Waals surface area contributed by atoms with Crippen LogP contribution < -0.4 is 10.1 Å². The molecule has 0 unspecified atom stereocenters. The number of carbonyl (C=O) groups excluding carboxylic acids is 1. The largest absolute Gasteiger partial charge is 0.490 e. The molecule has 6 nitrogen and oxygen atoms in total. The highest BCUT2D eigenvalue weighted by molar-refractivity contribution is 6.07. The van der Waals surface area contributed by atoms with Gasteiger partial charge in [-0.1, -0.05) is 0 Å². The molecule has 2 N–H and O–H groups in total. The van der Waals surface area contributed by atoms with Crippen molar-refractivity contribution in [3.8, 4) is 11.8 Å². The summed E-state index contributed by atoms with van der Waals surface area (Å²) < 4.78 is 19.6. The first-order chi connectivity index (χ1) is 13.4. The third-order valence-corrected chi connectivity index (χ3v) is 5.61. The quantitative estimate of drug-likeness (QED) is 0.847. The van der Waals surface area contributed by atoms with Gasteiger partial charge in [0.2, 0.25) is 5.91 Å². The number of benzene rings is 2. The summed E-state index contributed by atoms with van der Waals surface area (Å²) in [4.78, 5) is 24.0. The zero-order valence-electron chi connectivity index (χ0n) is 14.9. The van der Waals surface area contributed by atoms with Crippen LogP contribution in [0, 0.1) is 17.1 Å². The van der Waals surface area contributed by atoms with Gasteiger partial charge in [-0.25, -0.2) is 9.18 Å². The van der Waals surface area contributed by atoms with Gasteiger partial charge in [0.15, 0.2) is 0 Å². The van der Waals surface area contributed by atoms with Crippen molar-refractivity contribution < 1.29 is 23.8 Å². The molecule has 4 rings (SSSR count). The van der Waals surface area contributed by atoms with E-state index >= 15 is 0 Å². The minimum Gasteiger partial charge on any atom is -0.490 e. The highest BCUT2D eigenvalue weighted by atomic mass is 19.1. The van der Waals surface area contributed by atoms with Crippen LogP contribution in [-0.4, -0.2) is 23.1 Å². The predicted molar refractivity (Wildman–Crippen MR) is 97.7 cm³/mol. The molecule has 142 valence electrons. The molecule has 0 radical (unpaired) electrons. The lowest BCUT2D eigenvalue weighted by molar-refractivity contribution is -0.122. The zero-order valence-corrected chi connectivity index (χ0v) is 14.9. The number of nitriles is 1. The molecule has 28 heavy (non-hydrogen) atoms. The van der Waals surface area contributed by atoms with Gasteiger partial charge in [-0.05, 0) is 61.6 Å². The number of hydrogen-bond donors (Lipinski definition) is 2. The number of ether oxygens (including phenoxy) is 1. The molecule has 2 aromatic rings. The Bertz CT molecular complexity index is 1020. The predicted octanol–water partition coefficient (Wildman–Crippen LogP) is 3.61. The van der Waals surface area contributed by atoms with E-state index in [9.17, 15) is 19.1 Å². The summed E-state index contributed by atoms with van der Waals surface area (Å²) in [6, 6.07) is 10.6. The average Bonchev–Trinajstić information content (AvgIpc) is 2.95. The fourth-order valence-electron chi connectivity index (χ4n) is 4.10. The Morgan fingerprint density at radius 3 is 2.64 bits per heavy atom. The molecule has 1 heterocycles. The number of carboxylic acid groups (broad SMARTS) is 1. The number of carbonyl (C=O) groups is 2. The third kappa shape index (κ3) is 2.87. The lowest BCUT2D eigenvalue weighted by Gasteiger charge is -2.35. The normalized spacial score (nSPS) is 23.0.